The van der Waals surface area contributed by atoms with Gasteiger partial charge in [-0.2, -0.15) is 0 Å². The maximum absolute atomic E-state index is 10.5. The zero-order valence-corrected chi connectivity index (χ0v) is 17.8. The number of nitrogens with two attached hydrogens (primary N) is 1. The number of aliphatic hydroxyl groups is 1. The Hall–Kier alpha value is -1.13. The molecule has 148 valence electrons. The van der Waals surface area contributed by atoms with Gasteiger partial charge in [-0.3, -0.25) is 0 Å². The van der Waals surface area contributed by atoms with Gasteiger partial charge in [0.25, 0.3) is 0 Å². The zero-order valence-electron chi connectivity index (χ0n) is 16.2. The van der Waals surface area contributed by atoms with Crippen LogP contribution in [0.2, 0.25) is 0 Å². The molecule has 0 saturated heterocycles. The minimum atomic E-state index is -0.407. The van der Waals surface area contributed by atoms with E-state index in [0.717, 1.165) is 24.4 Å². The molecule has 1 aromatic carbocycles. The van der Waals surface area contributed by atoms with Crippen molar-refractivity contribution in [2.24, 2.45) is 5.92 Å². The van der Waals surface area contributed by atoms with Crippen LogP contribution in [-0.4, -0.2) is 17.7 Å². The van der Waals surface area contributed by atoms with Gasteiger partial charge >= 0.3 is 0 Å². The first-order valence-corrected chi connectivity index (χ1v) is 10.9. The highest BCUT2D eigenvalue weighted by molar-refractivity contribution is 7.11. The minimum absolute atomic E-state index is 0. The first kappa shape index (κ1) is 22.2. The van der Waals surface area contributed by atoms with Crippen molar-refractivity contribution in [3.63, 3.8) is 0 Å². The second-order valence-electron chi connectivity index (χ2n) is 7.50. The summed E-state index contributed by atoms with van der Waals surface area (Å²) in [6.07, 6.45) is 9.97. The minimum Gasteiger partial charge on any atom is -1.00 e. The van der Waals surface area contributed by atoms with Gasteiger partial charge in [-0.15, -0.1) is 11.3 Å². The molecule has 0 aliphatic heterocycles. The number of hydrogen-bond acceptors (Lipinski definition) is 2. The number of rotatable bonds is 8. The molecule has 0 bridgehead atoms. The molecule has 1 aromatic heterocycles. The Morgan fingerprint density at radius 2 is 1.89 bits per heavy atom. The highest BCUT2D eigenvalue weighted by Crippen LogP contribution is 2.37. The van der Waals surface area contributed by atoms with Gasteiger partial charge in [0.2, 0.25) is 0 Å². The molecule has 2 atom stereocenters. The topological polar surface area (TPSA) is 36.8 Å². The third-order valence-electron chi connectivity index (χ3n) is 5.56. The van der Waals surface area contributed by atoms with Crippen molar-refractivity contribution in [1.82, 2.24) is 0 Å². The lowest BCUT2D eigenvalue weighted by atomic mass is 9.82. The average Bonchev–Trinajstić information content (AvgIpc) is 3.23. The second kappa shape index (κ2) is 11.7. The molecular formula is C23H32ClNOS. The van der Waals surface area contributed by atoms with Crippen molar-refractivity contribution in [2.45, 2.75) is 57.6 Å². The van der Waals surface area contributed by atoms with Crippen molar-refractivity contribution in [3.05, 3.63) is 64.4 Å². The molecule has 1 aliphatic rings. The molecule has 3 N–H and O–H groups in total. The van der Waals surface area contributed by atoms with Gasteiger partial charge in [0, 0.05) is 11.3 Å². The fourth-order valence-electron chi connectivity index (χ4n) is 4.01. The summed E-state index contributed by atoms with van der Waals surface area (Å²) >= 11 is 1.87. The highest BCUT2D eigenvalue weighted by Gasteiger charge is 2.20. The van der Waals surface area contributed by atoms with E-state index < -0.39 is 6.10 Å². The van der Waals surface area contributed by atoms with Crippen molar-refractivity contribution in [2.75, 3.05) is 6.54 Å². The van der Waals surface area contributed by atoms with Crippen molar-refractivity contribution in [1.29, 1.82) is 0 Å². The Balaban J connectivity index is 0.00000261. The fourth-order valence-corrected chi connectivity index (χ4v) is 4.85. The van der Waals surface area contributed by atoms with E-state index in [1.165, 1.54) is 37.0 Å². The van der Waals surface area contributed by atoms with Crippen LogP contribution in [0, 0.1) is 5.92 Å². The van der Waals surface area contributed by atoms with Crippen LogP contribution < -0.4 is 17.7 Å². The third-order valence-corrected chi connectivity index (χ3v) is 6.48. The van der Waals surface area contributed by atoms with Crippen LogP contribution in [0.5, 0.6) is 0 Å². The Kier molecular flexibility index (Phi) is 9.57. The SMILES string of the molecule is CC([NH2+]CC/C=C(/c1cccs1)C1CCCCC1)C(O)c1ccccc1.[Cl-]. The van der Waals surface area contributed by atoms with Crippen LogP contribution in [0.1, 0.15) is 62.0 Å². The number of thiophene rings is 1. The van der Waals surface area contributed by atoms with Gasteiger partial charge in [-0.25, -0.2) is 0 Å². The summed E-state index contributed by atoms with van der Waals surface area (Å²) < 4.78 is 0. The number of aliphatic hydroxyl groups excluding tert-OH is 1. The van der Waals surface area contributed by atoms with Gasteiger partial charge in [-0.1, -0.05) is 61.7 Å². The van der Waals surface area contributed by atoms with E-state index in [0.29, 0.717) is 0 Å². The maximum Gasteiger partial charge on any atom is 0.130 e. The van der Waals surface area contributed by atoms with E-state index in [1.54, 1.807) is 5.57 Å². The lowest BCUT2D eigenvalue weighted by Gasteiger charge is -2.24. The van der Waals surface area contributed by atoms with Crippen LogP contribution in [0.3, 0.4) is 0 Å². The van der Waals surface area contributed by atoms with Gasteiger partial charge in [0.05, 0.1) is 6.54 Å². The summed E-state index contributed by atoms with van der Waals surface area (Å²) in [6, 6.07) is 14.6. The molecule has 1 aliphatic carbocycles. The number of quaternary nitrogens is 1. The quantitative estimate of drug-likeness (QED) is 0.645. The Morgan fingerprint density at radius 1 is 1.15 bits per heavy atom. The third kappa shape index (κ3) is 6.46. The summed E-state index contributed by atoms with van der Waals surface area (Å²) in [5.41, 5.74) is 2.58. The summed E-state index contributed by atoms with van der Waals surface area (Å²) in [5.74, 6) is 0.745. The standard InChI is InChI=1S/C23H31NOS.ClH/c1-18(23(25)20-12-6-3-7-13-20)24-16-8-14-21(22-15-9-17-26-22)19-10-4-2-5-11-19;/h3,6-7,9,12-15,17-19,23-25H,2,4-5,8,10-11,16H2,1H3;1H/b21-14+;. The lowest BCUT2D eigenvalue weighted by molar-refractivity contribution is -0.693. The highest BCUT2D eigenvalue weighted by atomic mass is 35.5. The fraction of sp³-hybridized carbons (Fsp3) is 0.478. The molecule has 1 fully saturated rings. The summed E-state index contributed by atoms with van der Waals surface area (Å²) in [6.45, 7) is 3.13. The van der Waals surface area contributed by atoms with E-state index >= 15 is 0 Å². The smallest absolute Gasteiger partial charge is 0.130 e. The Morgan fingerprint density at radius 3 is 2.56 bits per heavy atom. The van der Waals surface area contributed by atoms with E-state index in [-0.39, 0.29) is 18.4 Å². The monoisotopic (exact) mass is 405 g/mol. The van der Waals surface area contributed by atoms with E-state index in [1.807, 2.05) is 41.7 Å². The molecule has 27 heavy (non-hydrogen) atoms. The first-order valence-electron chi connectivity index (χ1n) is 10.1. The number of halogens is 1. The van der Waals surface area contributed by atoms with E-state index in [9.17, 15) is 5.11 Å². The van der Waals surface area contributed by atoms with Crippen LogP contribution in [0.4, 0.5) is 0 Å². The van der Waals surface area contributed by atoms with Crippen molar-refractivity contribution >= 4 is 16.9 Å². The molecule has 1 saturated carbocycles. The molecule has 3 rings (SSSR count). The molecule has 0 spiro atoms. The van der Waals surface area contributed by atoms with Crippen LogP contribution in [0.15, 0.2) is 53.9 Å². The van der Waals surface area contributed by atoms with E-state index in [2.05, 4.69) is 35.8 Å². The van der Waals surface area contributed by atoms with Gasteiger partial charge in [-0.05, 0) is 48.3 Å². The lowest BCUT2D eigenvalue weighted by Crippen LogP contribution is -3.00. The number of hydrogen-bond donors (Lipinski definition) is 2. The van der Waals surface area contributed by atoms with Crippen molar-refractivity contribution in [3.8, 4) is 0 Å². The van der Waals surface area contributed by atoms with Gasteiger partial charge < -0.3 is 22.8 Å². The van der Waals surface area contributed by atoms with Gasteiger partial charge in [0.1, 0.15) is 12.1 Å². The average molecular weight is 406 g/mol. The van der Waals surface area contributed by atoms with Gasteiger partial charge in [0.15, 0.2) is 0 Å². The van der Waals surface area contributed by atoms with Crippen LogP contribution >= 0.6 is 11.3 Å². The molecule has 0 amide bonds. The molecule has 2 aromatic rings. The maximum atomic E-state index is 10.5. The summed E-state index contributed by atoms with van der Waals surface area (Å²) in [7, 11) is 0. The Labute approximate surface area is 174 Å². The molecule has 2 nitrogen and oxygen atoms in total. The molecular weight excluding hydrogens is 374 g/mol. The number of benzene rings is 1. The van der Waals surface area contributed by atoms with E-state index in [4.69, 9.17) is 0 Å². The molecule has 1 heterocycles. The predicted molar refractivity (Wildman–Crippen MR) is 111 cm³/mol. The first-order chi connectivity index (χ1) is 12.8. The summed E-state index contributed by atoms with van der Waals surface area (Å²) in [4.78, 5) is 1.45. The largest absolute Gasteiger partial charge is 1.00 e. The Bertz CT molecular complexity index is 665. The molecule has 2 unspecified atom stereocenters. The van der Waals surface area contributed by atoms with Crippen LogP contribution in [0.25, 0.3) is 5.57 Å². The van der Waals surface area contributed by atoms with Crippen molar-refractivity contribution < 1.29 is 22.8 Å². The zero-order chi connectivity index (χ0) is 18.2. The normalized spacial score (nSPS) is 17.9. The van der Waals surface area contributed by atoms with Crippen LogP contribution in [-0.2, 0) is 0 Å². The second-order valence-corrected chi connectivity index (χ2v) is 8.45. The molecule has 0 radical (unpaired) electrons. The summed E-state index contributed by atoms with van der Waals surface area (Å²) in [5, 5.41) is 15.0. The predicted octanol–water partition coefficient (Wildman–Crippen LogP) is 1.79. The molecule has 4 heteroatoms. The number of allylic oxidation sites excluding steroid dienone is 1.